The number of amides is 1. The number of aromatic nitrogens is 2. The second kappa shape index (κ2) is 6.97. The van der Waals surface area contributed by atoms with Gasteiger partial charge in [-0.05, 0) is 12.1 Å². The molecule has 2 aromatic carbocycles. The molecule has 0 bridgehead atoms. The van der Waals surface area contributed by atoms with Crippen LogP contribution in [-0.2, 0) is 0 Å². The third kappa shape index (κ3) is 3.18. The van der Waals surface area contributed by atoms with Crippen LogP contribution in [0.4, 0.5) is 5.69 Å². The van der Waals surface area contributed by atoms with E-state index in [1.165, 1.54) is 0 Å². The number of nitrogens with zero attached hydrogens (tertiary/aromatic N) is 3. The van der Waals surface area contributed by atoms with E-state index in [4.69, 9.17) is 8.94 Å². The van der Waals surface area contributed by atoms with Crippen molar-refractivity contribution in [1.29, 1.82) is 0 Å². The van der Waals surface area contributed by atoms with Crippen LogP contribution in [0, 0.1) is 0 Å². The number of rotatable bonds is 3. The van der Waals surface area contributed by atoms with Gasteiger partial charge in [0.15, 0.2) is 17.0 Å². The molecular weight excluding hydrogens is 372 g/mol. The Kier molecular flexibility index (Phi) is 4.16. The number of piperazine rings is 1. The Balaban J connectivity index is 1.30. The SMILES string of the molecule is O=C(c1cc(-c2ccccc2)on1)N1CCN(c2cccc3[nH]c(=O)oc23)CC1. The van der Waals surface area contributed by atoms with E-state index in [9.17, 15) is 9.59 Å². The average molecular weight is 390 g/mol. The van der Waals surface area contributed by atoms with Crippen molar-refractivity contribution in [3.63, 3.8) is 0 Å². The highest BCUT2D eigenvalue weighted by atomic mass is 16.5. The second-order valence-corrected chi connectivity index (χ2v) is 6.89. The molecule has 146 valence electrons. The molecule has 0 spiro atoms. The van der Waals surface area contributed by atoms with E-state index < -0.39 is 5.76 Å². The van der Waals surface area contributed by atoms with E-state index in [1.807, 2.05) is 42.5 Å². The van der Waals surface area contributed by atoms with Crippen LogP contribution < -0.4 is 10.7 Å². The minimum absolute atomic E-state index is 0.151. The van der Waals surface area contributed by atoms with Crippen molar-refractivity contribution in [2.45, 2.75) is 0 Å². The zero-order chi connectivity index (χ0) is 19.8. The summed E-state index contributed by atoms with van der Waals surface area (Å²) in [6.45, 7) is 2.33. The highest BCUT2D eigenvalue weighted by molar-refractivity contribution is 5.93. The molecule has 1 aliphatic heterocycles. The largest absolute Gasteiger partial charge is 0.417 e. The number of carbonyl (C=O) groups is 1. The maximum atomic E-state index is 12.8. The highest BCUT2D eigenvalue weighted by Crippen LogP contribution is 2.26. The molecule has 1 N–H and O–H groups in total. The van der Waals surface area contributed by atoms with Crippen molar-refractivity contribution < 1.29 is 13.7 Å². The molecule has 0 atom stereocenters. The van der Waals surface area contributed by atoms with Gasteiger partial charge in [-0.1, -0.05) is 41.6 Å². The summed E-state index contributed by atoms with van der Waals surface area (Å²) in [6.07, 6.45) is 0. The minimum atomic E-state index is -0.471. The summed E-state index contributed by atoms with van der Waals surface area (Å²) < 4.78 is 10.6. The molecule has 29 heavy (non-hydrogen) atoms. The number of nitrogens with one attached hydrogen (secondary N) is 1. The Hall–Kier alpha value is -3.81. The van der Waals surface area contributed by atoms with Gasteiger partial charge in [0.1, 0.15) is 0 Å². The quantitative estimate of drug-likeness (QED) is 0.578. The first-order valence-electron chi connectivity index (χ1n) is 9.37. The molecule has 3 heterocycles. The fourth-order valence-electron chi connectivity index (χ4n) is 3.63. The lowest BCUT2D eigenvalue weighted by molar-refractivity contribution is 0.0736. The van der Waals surface area contributed by atoms with Gasteiger partial charge in [0, 0.05) is 37.8 Å². The predicted octanol–water partition coefficient (Wildman–Crippen LogP) is 2.74. The predicted molar refractivity (Wildman–Crippen MR) is 107 cm³/mol. The number of benzene rings is 2. The number of oxazole rings is 1. The van der Waals surface area contributed by atoms with E-state index in [-0.39, 0.29) is 5.91 Å². The van der Waals surface area contributed by atoms with Crippen LogP contribution in [0.2, 0.25) is 0 Å². The molecule has 1 fully saturated rings. The number of para-hydroxylation sites is 1. The molecule has 1 saturated heterocycles. The Bertz CT molecular complexity index is 1220. The molecule has 5 rings (SSSR count). The van der Waals surface area contributed by atoms with Gasteiger partial charge in [-0.25, -0.2) is 4.79 Å². The van der Waals surface area contributed by atoms with E-state index >= 15 is 0 Å². The molecule has 2 aromatic heterocycles. The molecule has 0 aliphatic carbocycles. The summed E-state index contributed by atoms with van der Waals surface area (Å²) in [4.78, 5) is 30.9. The highest BCUT2D eigenvalue weighted by Gasteiger charge is 2.26. The normalized spacial score (nSPS) is 14.5. The van der Waals surface area contributed by atoms with E-state index in [0.717, 1.165) is 11.3 Å². The second-order valence-electron chi connectivity index (χ2n) is 6.89. The summed E-state index contributed by atoms with van der Waals surface area (Å²) in [5.41, 5.74) is 3.24. The number of fused-ring (bicyclic) bond motifs is 1. The van der Waals surface area contributed by atoms with Crippen LogP contribution >= 0.6 is 0 Å². The monoisotopic (exact) mass is 390 g/mol. The van der Waals surface area contributed by atoms with Crippen molar-refractivity contribution in [1.82, 2.24) is 15.0 Å². The fraction of sp³-hybridized carbons (Fsp3) is 0.190. The van der Waals surface area contributed by atoms with Gasteiger partial charge in [-0.3, -0.25) is 9.78 Å². The lowest BCUT2D eigenvalue weighted by atomic mass is 10.1. The molecular formula is C21H18N4O4. The summed E-state index contributed by atoms with van der Waals surface area (Å²) >= 11 is 0. The Morgan fingerprint density at radius 1 is 1.00 bits per heavy atom. The number of hydrogen-bond acceptors (Lipinski definition) is 6. The third-order valence-corrected chi connectivity index (χ3v) is 5.12. The molecule has 0 saturated carbocycles. The Morgan fingerprint density at radius 3 is 2.59 bits per heavy atom. The van der Waals surface area contributed by atoms with Crippen molar-refractivity contribution in [2.75, 3.05) is 31.1 Å². The zero-order valence-corrected chi connectivity index (χ0v) is 15.5. The van der Waals surface area contributed by atoms with Gasteiger partial charge in [0.2, 0.25) is 0 Å². The van der Waals surface area contributed by atoms with Gasteiger partial charge in [-0.2, -0.15) is 0 Å². The molecule has 1 amide bonds. The summed E-state index contributed by atoms with van der Waals surface area (Å²) in [5.74, 6) is -0.0507. The number of H-pyrrole nitrogens is 1. The smallest absolute Gasteiger partial charge is 0.406 e. The lowest BCUT2D eigenvalue weighted by Gasteiger charge is -2.35. The van der Waals surface area contributed by atoms with Crippen molar-refractivity contribution in [2.24, 2.45) is 0 Å². The van der Waals surface area contributed by atoms with Crippen LogP contribution in [0.5, 0.6) is 0 Å². The standard InChI is InChI=1S/C21H18N4O4/c26-20(16-13-18(29-23-16)14-5-2-1-3-6-14)25-11-9-24(10-12-25)17-8-4-7-15-19(17)28-21(27)22-15/h1-8,13H,9-12H2,(H,22,27). The topological polar surface area (TPSA) is 95.6 Å². The fourth-order valence-corrected chi connectivity index (χ4v) is 3.63. The van der Waals surface area contributed by atoms with Crippen molar-refractivity contribution in [3.05, 3.63) is 70.8 Å². The van der Waals surface area contributed by atoms with Crippen LogP contribution in [-0.4, -0.2) is 47.1 Å². The maximum Gasteiger partial charge on any atom is 0.417 e. The first-order valence-corrected chi connectivity index (χ1v) is 9.37. The van der Waals surface area contributed by atoms with E-state index in [2.05, 4.69) is 15.0 Å². The van der Waals surface area contributed by atoms with Crippen LogP contribution in [0.1, 0.15) is 10.5 Å². The van der Waals surface area contributed by atoms with Crippen molar-refractivity contribution >= 4 is 22.7 Å². The van der Waals surface area contributed by atoms with Gasteiger partial charge >= 0.3 is 5.76 Å². The van der Waals surface area contributed by atoms with Gasteiger partial charge in [0.25, 0.3) is 5.91 Å². The summed E-state index contributed by atoms with van der Waals surface area (Å²) in [5, 5.41) is 3.95. The number of anilines is 1. The van der Waals surface area contributed by atoms with Gasteiger partial charge in [0.05, 0.1) is 11.2 Å². The van der Waals surface area contributed by atoms with Crippen LogP contribution in [0.25, 0.3) is 22.4 Å². The first kappa shape index (κ1) is 17.3. The molecule has 8 heteroatoms. The number of carbonyl (C=O) groups excluding carboxylic acids is 1. The lowest BCUT2D eigenvalue weighted by Crippen LogP contribution is -2.48. The summed E-state index contributed by atoms with van der Waals surface area (Å²) in [7, 11) is 0. The molecule has 4 aromatic rings. The first-order chi connectivity index (χ1) is 14.2. The molecule has 0 unspecified atom stereocenters. The van der Waals surface area contributed by atoms with E-state index in [1.54, 1.807) is 17.0 Å². The Labute approximate surface area is 165 Å². The van der Waals surface area contributed by atoms with Crippen LogP contribution in [0.3, 0.4) is 0 Å². The maximum absolute atomic E-state index is 12.8. The number of aromatic amines is 1. The molecule has 1 aliphatic rings. The van der Waals surface area contributed by atoms with Crippen LogP contribution in [0.15, 0.2) is 68.3 Å². The zero-order valence-electron chi connectivity index (χ0n) is 15.5. The number of hydrogen-bond donors (Lipinski definition) is 1. The molecule has 0 radical (unpaired) electrons. The van der Waals surface area contributed by atoms with Gasteiger partial charge in [-0.15, -0.1) is 0 Å². The van der Waals surface area contributed by atoms with Crippen molar-refractivity contribution in [3.8, 4) is 11.3 Å². The Morgan fingerprint density at radius 2 is 1.79 bits per heavy atom. The third-order valence-electron chi connectivity index (χ3n) is 5.12. The van der Waals surface area contributed by atoms with E-state index in [0.29, 0.717) is 48.7 Å². The van der Waals surface area contributed by atoms with Gasteiger partial charge < -0.3 is 18.7 Å². The summed E-state index contributed by atoms with van der Waals surface area (Å²) in [6, 6.07) is 16.8. The average Bonchev–Trinajstić information content (AvgIpc) is 3.40. The minimum Gasteiger partial charge on any atom is -0.406 e. The molecule has 8 nitrogen and oxygen atoms in total.